The maximum Gasteiger partial charge on any atom is 0.293 e. The van der Waals surface area contributed by atoms with Gasteiger partial charge in [0.2, 0.25) is 0 Å². The molecular weight excluding hydrogens is 256 g/mol. The van der Waals surface area contributed by atoms with Crippen LogP contribution in [0.5, 0.6) is 0 Å². The van der Waals surface area contributed by atoms with Crippen LogP contribution < -0.4 is 16.2 Å². The summed E-state index contributed by atoms with van der Waals surface area (Å²) in [6.07, 6.45) is 7.70. The van der Waals surface area contributed by atoms with Crippen molar-refractivity contribution in [2.75, 3.05) is 25.1 Å². The Kier molecular flexibility index (Phi) is 3.76. The van der Waals surface area contributed by atoms with E-state index in [1.54, 1.807) is 19.5 Å². The van der Waals surface area contributed by atoms with E-state index in [9.17, 15) is 4.79 Å². The number of ether oxygens (including phenoxy) is 1. The minimum atomic E-state index is 0.0179. The molecule has 2 N–H and O–H groups in total. The van der Waals surface area contributed by atoms with Gasteiger partial charge in [0, 0.05) is 44.7 Å². The fourth-order valence-electron chi connectivity index (χ4n) is 2.98. The van der Waals surface area contributed by atoms with Gasteiger partial charge >= 0.3 is 0 Å². The SMILES string of the molecule is COC1CCN(c2nccn(C3CC3)c2=O)C(CN)C1. The van der Waals surface area contributed by atoms with Gasteiger partial charge in [0.05, 0.1) is 6.10 Å². The van der Waals surface area contributed by atoms with E-state index in [0.717, 1.165) is 32.2 Å². The molecule has 2 unspecified atom stereocenters. The first-order chi connectivity index (χ1) is 9.74. The van der Waals surface area contributed by atoms with Crippen molar-refractivity contribution < 1.29 is 4.74 Å². The molecule has 2 heterocycles. The fourth-order valence-corrected chi connectivity index (χ4v) is 2.98. The Morgan fingerprint density at radius 3 is 2.90 bits per heavy atom. The van der Waals surface area contributed by atoms with Crippen LogP contribution in [0.3, 0.4) is 0 Å². The van der Waals surface area contributed by atoms with E-state index in [1.165, 1.54) is 0 Å². The highest BCUT2D eigenvalue weighted by molar-refractivity contribution is 5.38. The molecule has 3 rings (SSSR count). The lowest BCUT2D eigenvalue weighted by atomic mass is 9.99. The lowest BCUT2D eigenvalue weighted by molar-refractivity contribution is 0.0707. The Hall–Kier alpha value is -1.40. The zero-order chi connectivity index (χ0) is 14.1. The van der Waals surface area contributed by atoms with Crippen molar-refractivity contribution in [3.63, 3.8) is 0 Å². The molecule has 6 nitrogen and oxygen atoms in total. The molecule has 1 saturated carbocycles. The number of methoxy groups -OCH3 is 1. The number of hydrogen-bond donors (Lipinski definition) is 1. The summed E-state index contributed by atoms with van der Waals surface area (Å²) in [5.74, 6) is 0.546. The summed E-state index contributed by atoms with van der Waals surface area (Å²) in [6, 6.07) is 0.501. The van der Waals surface area contributed by atoms with Crippen LogP contribution in [-0.4, -0.2) is 41.9 Å². The van der Waals surface area contributed by atoms with Crippen LogP contribution in [0.4, 0.5) is 5.82 Å². The third-order valence-corrected chi connectivity index (χ3v) is 4.34. The lowest BCUT2D eigenvalue weighted by Crippen LogP contribution is -2.51. The molecule has 0 radical (unpaired) electrons. The minimum Gasteiger partial charge on any atom is -0.381 e. The van der Waals surface area contributed by atoms with Crippen LogP contribution in [-0.2, 0) is 4.74 Å². The Balaban J connectivity index is 1.88. The molecular formula is C14H22N4O2. The summed E-state index contributed by atoms with van der Waals surface area (Å²) in [7, 11) is 1.73. The average Bonchev–Trinajstić information content (AvgIpc) is 3.31. The summed E-state index contributed by atoms with van der Waals surface area (Å²) in [5.41, 5.74) is 5.89. The van der Waals surface area contributed by atoms with Crippen molar-refractivity contribution in [3.05, 3.63) is 22.7 Å². The van der Waals surface area contributed by atoms with Crippen LogP contribution in [0.15, 0.2) is 17.2 Å². The second-order valence-electron chi connectivity index (χ2n) is 5.66. The van der Waals surface area contributed by atoms with Crippen molar-refractivity contribution in [1.82, 2.24) is 9.55 Å². The van der Waals surface area contributed by atoms with Gasteiger partial charge in [-0.15, -0.1) is 0 Å². The molecule has 2 atom stereocenters. The highest BCUT2D eigenvalue weighted by Crippen LogP contribution is 2.33. The monoisotopic (exact) mass is 278 g/mol. The van der Waals surface area contributed by atoms with Crippen molar-refractivity contribution in [2.45, 2.75) is 43.9 Å². The van der Waals surface area contributed by atoms with Gasteiger partial charge in [-0.3, -0.25) is 4.79 Å². The molecule has 0 aromatic carbocycles. The zero-order valence-electron chi connectivity index (χ0n) is 11.9. The third kappa shape index (κ3) is 2.45. The van der Waals surface area contributed by atoms with E-state index in [1.807, 2.05) is 4.57 Å². The zero-order valence-corrected chi connectivity index (χ0v) is 11.9. The van der Waals surface area contributed by atoms with Gasteiger partial charge in [0.25, 0.3) is 5.56 Å². The number of aromatic nitrogens is 2. The van der Waals surface area contributed by atoms with Crippen molar-refractivity contribution in [1.29, 1.82) is 0 Å². The topological polar surface area (TPSA) is 73.4 Å². The van der Waals surface area contributed by atoms with Crippen LogP contribution >= 0.6 is 0 Å². The summed E-state index contributed by atoms with van der Waals surface area (Å²) >= 11 is 0. The fraction of sp³-hybridized carbons (Fsp3) is 0.714. The number of nitrogens with two attached hydrogens (primary N) is 1. The minimum absolute atomic E-state index is 0.0179. The first-order valence-corrected chi connectivity index (χ1v) is 7.31. The number of nitrogens with zero attached hydrogens (tertiary/aromatic N) is 3. The molecule has 1 aromatic heterocycles. The van der Waals surface area contributed by atoms with Crippen LogP contribution in [0.2, 0.25) is 0 Å². The largest absolute Gasteiger partial charge is 0.381 e. The van der Waals surface area contributed by atoms with Crippen molar-refractivity contribution in [3.8, 4) is 0 Å². The molecule has 0 amide bonds. The number of rotatable bonds is 4. The summed E-state index contributed by atoms with van der Waals surface area (Å²) in [6.45, 7) is 1.29. The summed E-state index contributed by atoms with van der Waals surface area (Å²) in [5, 5.41) is 0. The van der Waals surface area contributed by atoms with Gasteiger partial charge in [0.15, 0.2) is 5.82 Å². The predicted octanol–water partition coefficient (Wildman–Crippen LogP) is 0.521. The smallest absolute Gasteiger partial charge is 0.293 e. The van der Waals surface area contributed by atoms with Gasteiger partial charge in [-0.2, -0.15) is 0 Å². The van der Waals surface area contributed by atoms with Gasteiger partial charge < -0.3 is 19.9 Å². The lowest BCUT2D eigenvalue weighted by Gasteiger charge is -2.38. The molecule has 20 heavy (non-hydrogen) atoms. The number of piperidine rings is 1. The van der Waals surface area contributed by atoms with E-state index < -0.39 is 0 Å². The van der Waals surface area contributed by atoms with E-state index >= 15 is 0 Å². The van der Waals surface area contributed by atoms with Crippen molar-refractivity contribution in [2.24, 2.45) is 5.73 Å². The molecule has 2 fully saturated rings. The first kappa shape index (κ1) is 13.6. The maximum absolute atomic E-state index is 12.5. The average molecular weight is 278 g/mol. The molecule has 1 aliphatic heterocycles. The maximum atomic E-state index is 12.5. The molecule has 2 aliphatic rings. The second-order valence-corrected chi connectivity index (χ2v) is 5.66. The first-order valence-electron chi connectivity index (χ1n) is 7.31. The van der Waals surface area contributed by atoms with E-state index in [2.05, 4.69) is 9.88 Å². The summed E-state index contributed by atoms with van der Waals surface area (Å²) in [4.78, 5) is 18.9. The highest BCUT2D eigenvalue weighted by Gasteiger charge is 2.32. The van der Waals surface area contributed by atoms with E-state index in [4.69, 9.17) is 10.5 Å². The van der Waals surface area contributed by atoms with Gasteiger partial charge in [0.1, 0.15) is 0 Å². The van der Waals surface area contributed by atoms with Gasteiger partial charge in [-0.25, -0.2) is 4.98 Å². The standard InChI is InChI=1S/C14H22N4O2/c1-20-12-4-6-17(11(8-12)9-15)13-14(19)18(7-5-16-13)10-2-3-10/h5,7,10-12H,2-4,6,8-9,15H2,1H3. The van der Waals surface area contributed by atoms with Crippen LogP contribution in [0.25, 0.3) is 0 Å². The predicted molar refractivity (Wildman–Crippen MR) is 77.0 cm³/mol. The van der Waals surface area contributed by atoms with Crippen LogP contribution in [0, 0.1) is 0 Å². The number of anilines is 1. The molecule has 1 saturated heterocycles. The Morgan fingerprint density at radius 2 is 2.25 bits per heavy atom. The molecule has 110 valence electrons. The van der Waals surface area contributed by atoms with Crippen molar-refractivity contribution >= 4 is 5.82 Å². The number of hydrogen-bond acceptors (Lipinski definition) is 5. The van der Waals surface area contributed by atoms with Gasteiger partial charge in [-0.1, -0.05) is 0 Å². The quantitative estimate of drug-likeness (QED) is 0.869. The van der Waals surface area contributed by atoms with Crippen LogP contribution in [0.1, 0.15) is 31.7 Å². The Bertz CT molecular complexity index is 526. The normalized spacial score (nSPS) is 26.8. The molecule has 6 heteroatoms. The third-order valence-electron chi connectivity index (χ3n) is 4.34. The van der Waals surface area contributed by atoms with E-state index in [0.29, 0.717) is 18.4 Å². The molecule has 0 bridgehead atoms. The Morgan fingerprint density at radius 1 is 1.45 bits per heavy atom. The molecule has 1 aromatic rings. The Labute approximate surface area is 118 Å². The van der Waals surface area contributed by atoms with E-state index in [-0.39, 0.29) is 17.7 Å². The molecule has 0 spiro atoms. The highest BCUT2D eigenvalue weighted by atomic mass is 16.5. The summed E-state index contributed by atoms with van der Waals surface area (Å²) < 4.78 is 7.24. The second kappa shape index (κ2) is 5.54. The molecule has 1 aliphatic carbocycles. The van der Waals surface area contributed by atoms with Gasteiger partial charge in [-0.05, 0) is 25.7 Å².